The highest BCUT2D eigenvalue weighted by atomic mass is 16.3. The molecule has 2 heteroatoms. The maximum Gasteiger partial charge on any atom is 0.0693 e. The molecule has 0 aromatic rings. The molecule has 2 nitrogen and oxygen atoms in total. The number of rotatable bonds is 2. The molecular formula is C11H21NO. The molecule has 2 atom stereocenters. The van der Waals surface area contributed by atoms with Crippen molar-refractivity contribution in [2.45, 2.75) is 69.6 Å². The summed E-state index contributed by atoms with van der Waals surface area (Å²) in [6.07, 6.45) is 8.54. The zero-order valence-corrected chi connectivity index (χ0v) is 8.55. The van der Waals surface area contributed by atoms with Gasteiger partial charge in [-0.3, -0.25) is 0 Å². The highest BCUT2D eigenvalue weighted by molar-refractivity contribution is 4.94. The van der Waals surface area contributed by atoms with Crippen LogP contribution in [0.3, 0.4) is 0 Å². The number of aliphatic hydroxyl groups excluding tert-OH is 1. The molecule has 13 heavy (non-hydrogen) atoms. The highest BCUT2D eigenvalue weighted by Crippen LogP contribution is 2.31. The predicted octanol–water partition coefficient (Wildman–Crippen LogP) is 1.82. The molecule has 0 aromatic heterocycles. The summed E-state index contributed by atoms with van der Waals surface area (Å²) in [6, 6.07) is 0.378. The summed E-state index contributed by atoms with van der Waals surface area (Å²) in [5.74, 6) is 0. The van der Waals surface area contributed by atoms with E-state index in [9.17, 15) is 5.11 Å². The Morgan fingerprint density at radius 2 is 1.85 bits per heavy atom. The fourth-order valence-corrected chi connectivity index (χ4v) is 2.86. The van der Waals surface area contributed by atoms with Crippen LogP contribution in [0.25, 0.3) is 0 Å². The first-order valence-corrected chi connectivity index (χ1v) is 5.65. The largest absolute Gasteiger partial charge is 0.392 e. The van der Waals surface area contributed by atoms with Crippen LogP contribution >= 0.6 is 0 Å². The minimum atomic E-state index is -0.0857. The third kappa shape index (κ3) is 2.05. The molecule has 0 radical (unpaired) electrons. The predicted molar refractivity (Wildman–Crippen MR) is 53.7 cm³/mol. The fraction of sp³-hybridized carbons (Fsp3) is 1.00. The van der Waals surface area contributed by atoms with E-state index < -0.39 is 0 Å². The molecule has 0 amide bonds. The van der Waals surface area contributed by atoms with Gasteiger partial charge in [0.25, 0.3) is 0 Å². The molecule has 0 spiro atoms. The van der Waals surface area contributed by atoms with Gasteiger partial charge in [-0.2, -0.15) is 0 Å². The maximum absolute atomic E-state index is 9.70. The molecule has 0 heterocycles. The highest BCUT2D eigenvalue weighted by Gasteiger charge is 2.34. The minimum Gasteiger partial charge on any atom is -0.392 e. The van der Waals surface area contributed by atoms with Crippen LogP contribution in [-0.2, 0) is 0 Å². The van der Waals surface area contributed by atoms with Crippen LogP contribution in [-0.4, -0.2) is 22.8 Å². The Bertz CT molecular complexity index is 175. The Labute approximate surface area is 80.7 Å². The lowest BCUT2D eigenvalue weighted by Gasteiger charge is -2.31. The van der Waals surface area contributed by atoms with Gasteiger partial charge in [0, 0.05) is 11.6 Å². The van der Waals surface area contributed by atoms with Gasteiger partial charge in [-0.1, -0.05) is 12.8 Å². The molecule has 76 valence electrons. The standard InChI is InChI=1S/C11H21NO/c1-11(7-2-3-8-11)12-9-5-4-6-10(9)13/h9-10,12-13H,2-8H2,1H3. The van der Waals surface area contributed by atoms with Gasteiger partial charge < -0.3 is 10.4 Å². The van der Waals surface area contributed by atoms with Crippen LogP contribution < -0.4 is 5.32 Å². The summed E-state index contributed by atoms with van der Waals surface area (Å²) in [5, 5.41) is 13.4. The summed E-state index contributed by atoms with van der Waals surface area (Å²) in [5.41, 5.74) is 0.329. The second-order valence-corrected chi connectivity index (χ2v) is 5.02. The van der Waals surface area contributed by atoms with E-state index in [1.165, 1.54) is 32.1 Å². The van der Waals surface area contributed by atoms with E-state index in [4.69, 9.17) is 0 Å². The Hall–Kier alpha value is -0.0800. The van der Waals surface area contributed by atoms with Crippen LogP contribution in [0.4, 0.5) is 0 Å². The molecule has 2 aliphatic carbocycles. The van der Waals surface area contributed by atoms with Gasteiger partial charge in [-0.05, 0) is 39.0 Å². The van der Waals surface area contributed by atoms with E-state index in [0.717, 1.165) is 12.8 Å². The summed E-state index contributed by atoms with van der Waals surface area (Å²) in [6.45, 7) is 2.31. The quantitative estimate of drug-likeness (QED) is 0.684. The molecule has 0 aliphatic heterocycles. The van der Waals surface area contributed by atoms with E-state index in [-0.39, 0.29) is 6.10 Å². The number of aliphatic hydroxyl groups is 1. The fourth-order valence-electron chi connectivity index (χ4n) is 2.86. The third-order valence-corrected chi connectivity index (χ3v) is 3.72. The van der Waals surface area contributed by atoms with Crippen LogP contribution in [0.5, 0.6) is 0 Å². The van der Waals surface area contributed by atoms with Crippen molar-refractivity contribution in [3.63, 3.8) is 0 Å². The third-order valence-electron chi connectivity index (χ3n) is 3.72. The van der Waals surface area contributed by atoms with Crippen LogP contribution in [0.15, 0.2) is 0 Å². The van der Waals surface area contributed by atoms with Gasteiger partial charge in [-0.15, -0.1) is 0 Å². The van der Waals surface area contributed by atoms with Crippen molar-refractivity contribution in [3.05, 3.63) is 0 Å². The lowest BCUT2D eigenvalue weighted by atomic mass is 9.98. The zero-order valence-electron chi connectivity index (χ0n) is 8.55. The molecule has 2 N–H and O–H groups in total. The molecule has 2 rings (SSSR count). The first-order chi connectivity index (χ1) is 6.20. The Balaban J connectivity index is 1.88. The first kappa shape index (κ1) is 9.47. The van der Waals surface area contributed by atoms with Crippen molar-refractivity contribution in [1.82, 2.24) is 5.32 Å². The summed E-state index contributed by atoms with van der Waals surface area (Å²) >= 11 is 0. The zero-order chi connectivity index (χ0) is 9.31. The minimum absolute atomic E-state index is 0.0857. The lowest BCUT2D eigenvalue weighted by Crippen LogP contribution is -2.49. The normalized spacial score (nSPS) is 38.3. The molecule has 2 fully saturated rings. The van der Waals surface area contributed by atoms with Crippen molar-refractivity contribution in [3.8, 4) is 0 Å². The van der Waals surface area contributed by atoms with Gasteiger partial charge in [0.05, 0.1) is 6.10 Å². The molecule has 0 bridgehead atoms. The topological polar surface area (TPSA) is 32.3 Å². The Kier molecular flexibility index (Phi) is 2.61. The molecule has 2 aliphatic rings. The Morgan fingerprint density at radius 1 is 1.15 bits per heavy atom. The monoisotopic (exact) mass is 183 g/mol. The van der Waals surface area contributed by atoms with E-state index in [1.807, 2.05) is 0 Å². The van der Waals surface area contributed by atoms with Crippen molar-refractivity contribution >= 4 is 0 Å². The summed E-state index contributed by atoms with van der Waals surface area (Å²) in [4.78, 5) is 0. The second kappa shape index (κ2) is 3.58. The lowest BCUT2D eigenvalue weighted by molar-refractivity contribution is 0.130. The summed E-state index contributed by atoms with van der Waals surface area (Å²) in [7, 11) is 0. The molecule has 0 saturated heterocycles. The van der Waals surface area contributed by atoms with Gasteiger partial charge in [0.1, 0.15) is 0 Å². The van der Waals surface area contributed by atoms with E-state index >= 15 is 0 Å². The number of hydrogen-bond acceptors (Lipinski definition) is 2. The molecule has 0 aromatic carbocycles. The van der Waals surface area contributed by atoms with Crippen molar-refractivity contribution < 1.29 is 5.11 Å². The van der Waals surface area contributed by atoms with Crippen LogP contribution in [0.2, 0.25) is 0 Å². The van der Waals surface area contributed by atoms with Gasteiger partial charge in [0.15, 0.2) is 0 Å². The van der Waals surface area contributed by atoms with Gasteiger partial charge >= 0.3 is 0 Å². The van der Waals surface area contributed by atoms with Crippen LogP contribution in [0, 0.1) is 0 Å². The SMILES string of the molecule is CC1(NC2CCCC2O)CCCC1. The first-order valence-electron chi connectivity index (χ1n) is 5.65. The van der Waals surface area contributed by atoms with Crippen molar-refractivity contribution in [2.75, 3.05) is 0 Å². The molecule has 2 saturated carbocycles. The van der Waals surface area contributed by atoms with Crippen molar-refractivity contribution in [2.24, 2.45) is 0 Å². The van der Waals surface area contributed by atoms with Gasteiger partial charge in [0.2, 0.25) is 0 Å². The second-order valence-electron chi connectivity index (χ2n) is 5.02. The summed E-state index contributed by atoms with van der Waals surface area (Å²) < 4.78 is 0. The van der Waals surface area contributed by atoms with Crippen molar-refractivity contribution in [1.29, 1.82) is 0 Å². The number of hydrogen-bond donors (Lipinski definition) is 2. The average molecular weight is 183 g/mol. The number of nitrogens with one attached hydrogen (secondary N) is 1. The smallest absolute Gasteiger partial charge is 0.0693 e. The van der Waals surface area contributed by atoms with E-state index in [1.54, 1.807) is 0 Å². The molecular weight excluding hydrogens is 162 g/mol. The van der Waals surface area contributed by atoms with E-state index in [2.05, 4.69) is 12.2 Å². The average Bonchev–Trinajstić information content (AvgIpc) is 2.64. The van der Waals surface area contributed by atoms with Gasteiger partial charge in [-0.25, -0.2) is 0 Å². The Morgan fingerprint density at radius 3 is 2.38 bits per heavy atom. The molecule has 2 unspecified atom stereocenters. The van der Waals surface area contributed by atoms with E-state index in [0.29, 0.717) is 11.6 Å². The van der Waals surface area contributed by atoms with Crippen LogP contribution in [0.1, 0.15) is 51.9 Å². The maximum atomic E-state index is 9.70.